The summed E-state index contributed by atoms with van der Waals surface area (Å²) in [5.41, 5.74) is 1.05. The van der Waals surface area contributed by atoms with Crippen molar-refractivity contribution in [3.05, 3.63) is 35.6 Å². The number of hydrogen-bond donors (Lipinski definition) is 1. The molecule has 2 nitrogen and oxygen atoms in total. The zero-order valence-electron chi connectivity index (χ0n) is 12.8. The van der Waals surface area contributed by atoms with E-state index in [9.17, 15) is 4.39 Å². The van der Waals surface area contributed by atoms with Crippen LogP contribution in [0.4, 0.5) is 4.39 Å². The zero-order chi connectivity index (χ0) is 14.4. The highest BCUT2D eigenvalue weighted by molar-refractivity contribution is 5.17. The Morgan fingerprint density at radius 2 is 1.79 bits per heavy atom. The van der Waals surface area contributed by atoms with E-state index in [4.69, 9.17) is 0 Å². The Balaban J connectivity index is 2.67. The smallest absolute Gasteiger partial charge is 0.123 e. The second-order valence-electron chi connectivity index (χ2n) is 5.70. The Bertz CT molecular complexity index is 369. The maximum atomic E-state index is 13.2. The molecule has 0 aromatic heterocycles. The van der Waals surface area contributed by atoms with Crippen LogP contribution in [-0.4, -0.2) is 36.6 Å². The van der Waals surface area contributed by atoms with Gasteiger partial charge in [0.15, 0.2) is 0 Å². The van der Waals surface area contributed by atoms with E-state index in [0.29, 0.717) is 18.1 Å². The molecule has 0 aliphatic carbocycles. The Labute approximate surface area is 117 Å². The Morgan fingerprint density at radius 1 is 1.16 bits per heavy atom. The summed E-state index contributed by atoms with van der Waals surface area (Å²) in [7, 11) is 1.97. The predicted octanol–water partition coefficient (Wildman–Crippen LogP) is 3.08. The monoisotopic (exact) mass is 266 g/mol. The predicted molar refractivity (Wildman–Crippen MR) is 79.9 cm³/mol. The van der Waals surface area contributed by atoms with E-state index in [1.165, 1.54) is 6.07 Å². The number of likely N-dealkylation sites (N-methyl/N-ethyl adjacent to an activating group) is 1. The minimum atomic E-state index is -0.156. The van der Waals surface area contributed by atoms with Crippen LogP contribution in [-0.2, 0) is 6.42 Å². The number of nitrogens with one attached hydrogen (secondary N) is 1. The molecule has 1 atom stereocenters. The molecule has 1 rings (SSSR count). The second kappa shape index (κ2) is 7.61. The minimum absolute atomic E-state index is 0.156. The van der Waals surface area contributed by atoms with E-state index < -0.39 is 0 Å². The first-order valence-electron chi connectivity index (χ1n) is 7.11. The summed E-state index contributed by atoms with van der Waals surface area (Å²) in [6.07, 6.45) is 0.851. The van der Waals surface area contributed by atoms with Crippen LogP contribution >= 0.6 is 0 Å². The molecule has 0 heterocycles. The summed E-state index contributed by atoms with van der Waals surface area (Å²) >= 11 is 0. The Morgan fingerprint density at radius 3 is 2.26 bits per heavy atom. The van der Waals surface area contributed by atoms with Gasteiger partial charge in [-0.05, 0) is 58.9 Å². The van der Waals surface area contributed by atoms with Gasteiger partial charge in [0.1, 0.15) is 5.82 Å². The Hall–Kier alpha value is -0.930. The Kier molecular flexibility index (Phi) is 6.46. The van der Waals surface area contributed by atoms with Crippen molar-refractivity contribution in [1.82, 2.24) is 10.2 Å². The van der Waals surface area contributed by atoms with Gasteiger partial charge in [0, 0.05) is 24.7 Å². The van der Waals surface area contributed by atoms with Crippen molar-refractivity contribution in [2.75, 3.05) is 13.6 Å². The van der Waals surface area contributed by atoms with Crippen molar-refractivity contribution >= 4 is 0 Å². The van der Waals surface area contributed by atoms with E-state index in [2.05, 4.69) is 37.9 Å². The van der Waals surface area contributed by atoms with E-state index in [0.717, 1.165) is 18.5 Å². The quantitative estimate of drug-likeness (QED) is 0.816. The molecule has 108 valence electrons. The SMILES string of the molecule is CNC(Cc1cccc(F)c1)CN(C(C)C)C(C)C. The number of nitrogens with zero attached hydrogens (tertiary/aromatic N) is 1. The van der Waals surface area contributed by atoms with Crippen molar-refractivity contribution in [2.45, 2.75) is 52.2 Å². The fourth-order valence-corrected chi connectivity index (χ4v) is 2.48. The van der Waals surface area contributed by atoms with Gasteiger partial charge in [0.25, 0.3) is 0 Å². The van der Waals surface area contributed by atoms with Crippen LogP contribution in [0.5, 0.6) is 0 Å². The molecule has 0 aliphatic rings. The lowest BCUT2D eigenvalue weighted by atomic mass is 10.0. The highest BCUT2D eigenvalue weighted by atomic mass is 19.1. The maximum absolute atomic E-state index is 13.2. The summed E-state index contributed by atoms with van der Waals surface area (Å²) in [5.74, 6) is -0.156. The molecule has 0 saturated heterocycles. The molecule has 0 spiro atoms. The van der Waals surface area contributed by atoms with Gasteiger partial charge in [0.05, 0.1) is 0 Å². The molecular weight excluding hydrogens is 239 g/mol. The largest absolute Gasteiger partial charge is 0.315 e. The lowest BCUT2D eigenvalue weighted by Gasteiger charge is -2.34. The first-order chi connectivity index (χ1) is 8.93. The molecule has 0 amide bonds. The number of halogens is 1. The molecule has 19 heavy (non-hydrogen) atoms. The van der Waals surface area contributed by atoms with Crippen LogP contribution < -0.4 is 5.32 Å². The number of benzene rings is 1. The minimum Gasteiger partial charge on any atom is -0.315 e. The van der Waals surface area contributed by atoms with Crippen LogP contribution in [0, 0.1) is 5.82 Å². The number of hydrogen-bond acceptors (Lipinski definition) is 2. The molecule has 0 saturated carbocycles. The van der Waals surface area contributed by atoms with Crippen molar-refractivity contribution in [2.24, 2.45) is 0 Å². The molecule has 1 unspecified atom stereocenters. The molecule has 1 aromatic rings. The van der Waals surface area contributed by atoms with Gasteiger partial charge in [-0.2, -0.15) is 0 Å². The second-order valence-corrected chi connectivity index (χ2v) is 5.70. The lowest BCUT2D eigenvalue weighted by Crippen LogP contribution is -2.46. The third kappa shape index (κ3) is 5.29. The summed E-state index contributed by atoms with van der Waals surface area (Å²) in [5, 5.41) is 3.35. The highest BCUT2D eigenvalue weighted by Crippen LogP contribution is 2.11. The summed E-state index contributed by atoms with van der Waals surface area (Å²) in [6, 6.07) is 8.26. The molecule has 1 N–H and O–H groups in total. The maximum Gasteiger partial charge on any atom is 0.123 e. The van der Waals surface area contributed by atoms with Gasteiger partial charge < -0.3 is 5.32 Å². The summed E-state index contributed by atoms with van der Waals surface area (Å²) < 4.78 is 13.2. The molecule has 3 heteroatoms. The highest BCUT2D eigenvalue weighted by Gasteiger charge is 2.18. The fraction of sp³-hybridized carbons (Fsp3) is 0.625. The first kappa shape index (κ1) is 16.1. The van der Waals surface area contributed by atoms with Gasteiger partial charge >= 0.3 is 0 Å². The molecule has 0 bridgehead atoms. The van der Waals surface area contributed by atoms with Gasteiger partial charge in [-0.1, -0.05) is 12.1 Å². The van der Waals surface area contributed by atoms with Crippen molar-refractivity contribution in [1.29, 1.82) is 0 Å². The van der Waals surface area contributed by atoms with Gasteiger partial charge in [-0.3, -0.25) is 4.90 Å². The summed E-state index contributed by atoms with van der Waals surface area (Å²) in [4.78, 5) is 2.46. The fourth-order valence-electron chi connectivity index (χ4n) is 2.48. The van der Waals surface area contributed by atoms with Crippen molar-refractivity contribution in [3.8, 4) is 0 Å². The van der Waals surface area contributed by atoms with Crippen LogP contribution in [0.25, 0.3) is 0 Å². The number of rotatable bonds is 7. The third-order valence-corrected chi connectivity index (χ3v) is 3.54. The average Bonchev–Trinajstić information content (AvgIpc) is 2.33. The van der Waals surface area contributed by atoms with Gasteiger partial charge in [-0.15, -0.1) is 0 Å². The van der Waals surface area contributed by atoms with Crippen molar-refractivity contribution in [3.63, 3.8) is 0 Å². The van der Waals surface area contributed by atoms with E-state index in [1.807, 2.05) is 13.1 Å². The van der Waals surface area contributed by atoms with Gasteiger partial charge in [-0.25, -0.2) is 4.39 Å². The average molecular weight is 266 g/mol. The zero-order valence-corrected chi connectivity index (χ0v) is 12.8. The standard InChI is InChI=1S/C16H27FN2/c1-12(2)19(13(3)4)11-16(18-5)10-14-7-6-8-15(17)9-14/h6-9,12-13,16,18H,10-11H2,1-5H3. The van der Waals surface area contributed by atoms with Crippen molar-refractivity contribution < 1.29 is 4.39 Å². The third-order valence-electron chi connectivity index (χ3n) is 3.54. The van der Waals surface area contributed by atoms with Crippen LogP contribution in [0.2, 0.25) is 0 Å². The van der Waals surface area contributed by atoms with Crippen LogP contribution in [0.15, 0.2) is 24.3 Å². The summed E-state index contributed by atoms with van der Waals surface area (Å²) in [6.45, 7) is 9.84. The molecule has 0 aliphatic heterocycles. The van der Waals surface area contributed by atoms with E-state index >= 15 is 0 Å². The first-order valence-corrected chi connectivity index (χ1v) is 7.11. The molecular formula is C16H27FN2. The normalized spacial score (nSPS) is 13.5. The molecule has 1 aromatic carbocycles. The van der Waals surface area contributed by atoms with Crippen LogP contribution in [0.3, 0.4) is 0 Å². The van der Waals surface area contributed by atoms with E-state index in [1.54, 1.807) is 12.1 Å². The van der Waals surface area contributed by atoms with E-state index in [-0.39, 0.29) is 5.82 Å². The lowest BCUT2D eigenvalue weighted by molar-refractivity contribution is 0.157. The van der Waals surface area contributed by atoms with Crippen LogP contribution in [0.1, 0.15) is 33.3 Å². The topological polar surface area (TPSA) is 15.3 Å². The van der Waals surface area contributed by atoms with Gasteiger partial charge in [0.2, 0.25) is 0 Å². The molecule has 0 fully saturated rings. The molecule has 0 radical (unpaired) electrons.